The summed E-state index contributed by atoms with van der Waals surface area (Å²) in [6, 6.07) is 0. The molecular weight excluding hydrogens is 286 g/mol. The molecule has 0 spiro atoms. The Morgan fingerprint density at radius 3 is 3.10 bits per heavy atom. The van der Waals surface area contributed by atoms with Crippen LogP contribution >= 0.6 is 11.3 Å². The molecule has 1 aliphatic carbocycles. The summed E-state index contributed by atoms with van der Waals surface area (Å²) in [6.45, 7) is 2.26. The first-order valence-electron chi connectivity index (χ1n) is 7.03. The molecule has 0 fully saturated rings. The van der Waals surface area contributed by atoms with Gasteiger partial charge in [0.15, 0.2) is 5.82 Å². The van der Waals surface area contributed by atoms with E-state index in [2.05, 4.69) is 27.2 Å². The maximum Gasteiger partial charge on any atom is 0.260 e. The summed E-state index contributed by atoms with van der Waals surface area (Å²) in [5, 5.41) is 8.67. The van der Waals surface area contributed by atoms with Crippen LogP contribution in [0.1, 0.15) is 23.8 Å². The predicted octanol–water partition coefficient (Wildman–Crippen LogP) is 1.90. The van der Waals surface area contributed by atoms with Crippen molar-refractivity contribution in [2.75, 3.05) is 0 Å². The van der Waals surface area contributed by atoms with Crippen molar-refractivity contribution in [2.45, 2.75) is 26.2 Å². The lowest BCUT2D eigenvalue weighted by Gasteiger charge is -2.17. The van der Waals surface area contributed by atoms with E-state index in [9.17, 15) is 4.79 Å². The summed E-state index contributed by atoms with van der Waals surface area (Å²) in [6.07, 6.45) is 4.92. The molecule has 0 radical (unpaired) electrons. The van der Waals surface area contributed by atoms with Crippen LogP contribution < -0.4 is 5.56 Å². The number of aromatic amines is 1. The summed E-state index contributed by atoms with van der Waals surface area (Å²) in [5.41, 5.74) is 1.73. The van der Waals surface area contributed by atoms with Crippen LogP contribution in [0, 0.1) is 5.92 Å². The van der Waals surface area contributed by atoms with Gasteiger partial charge in [-0.3, -0.25) is 9.48 Å². The molecule has 3 aromatic heterocycles. The van der Waals surface area contributed by atoms with Crippen molar-refractivity contribution in [1.82, 2.24) is 25.0 Å². The van der Waals surface area contributed by atoms with E-state index in [1.54, 1.807) is 29.3 Å². The number of fused-ring (bicyclic) bond motifs is 3. The molecule has 6 nitrogen and oxygen atoms in total. The second kappa shape index (κ2) is 4.49. The molecule has 7 heteroatoms. The molecule has 108 valence electrons. The zero-order valence-electron chi connectivity index (χ0n) is 11.9. The number of thiophene rings is 1. The molecule has 1 N–H and O–H groups in total. The number of aromatic nitrogens is 5. The Bertz CT molecular complexity index is 891. The lowest BCUT2D eigenvalue weighted by Crippen LogP contribution is -2.13. The van der Waals surface area contributed by atoms with Crippen LogP contribution in [-0.4, -0.2) is 25.0 Å². The highest BCUT2D eigenvalue weighted by molar-refractivity contribution is 7.18. The number of rotatable bonds is 1. The van der Waals surface area contributed by atoms with Crippen LogP contribution in [0.4, 0.5) is 0 Å². The van der Waals surface area contributed by atoms with E-state index in [-0.39, 0.29) is 5.56 Å². The quantitative estimate of drug-likeness (QED) is 0.745. The fraction of sp³-hybridized carbons (Fsp3) is 0.429. The van der Waals surface area contributed by atoms with Gasteiger partial charge in [-0.25, -0.2) is 4.98 Å². The smallest absolute Gasteiger partial charge is 0.260 e. The molecule has 3 heterocycles. The molecule has 0 saturated carbocycles. The van der Waals surface area contributed by atoms with Gasteiger partial charge in [0, 0.05) is 11.9 Å². The number of H-pyrrole nitrogens is 1. The summed E-state index contributed by atoms with van der Waals surface area (Å²) in [7, 11) is 1.79. The highest BCUT2D eigenvalue weighted by atomic mass is 32.1. The van der Waals surface area contributed by atoms with Gasteiger partial charge in [0.1, 0.15) is 10.5 Å². The standard InChI is InChI=1S/C14H15N5OS/c1-7-3-4-8-10(5-7)21-14-11(8)13(20)15-12(16-14)9-6-19(2)18-17-9/h6-7H,3-5H2,1-2H3,(H,15,16,20)/t7-/m0/s1. The van der Waals surface area contributed by atoms with Crippen LogP contribution in [0.2, 0.25) is 0 Å². The minimum atomic E-state index is -0.0623. The molecular formula is C14H15N5OS. The minimum absolute atomic E-state index is 0.0623. The molecule has 21 heavy (non-hydrogen) atoms. The third-order valence-corrected chi connectivity index (χ3v) is 5.16. The molecule has 0 aromatic carbocycles. The highest BCUT2D eigenvalue weighted by Crippen LogP contribution is 2.35. The third kappa shape index (κ3) is 1.99. The first-order valence-corrected chi connectivity index (χ1v) is 7.84. The minimum Gasteiger partial charge on any atom is -0.304 e. The van der Waals surface area contributed by atoms with Gasteiger partial charge in [0.25, 0.3) is 5.56 Å². The van der Waals surface area contributed by atoms with Crippen molar-refractivity contribution < 1.29 is 0 Å². The predicted molar refractivity (Wildman–Crippen MR) is 81.4 cm³/mol. The van der Waals surface area contributed by atoms with Gasteiger partial charge < -0.3 is 4.98 Å². The molecule has 0 bridgehead atoms. The average molecular weight is 301 g/mol. The normalized spacial score (nSPS) is 18.1. The lowest BCUT2D eigenvalue weighted by molar-refractivity contribution is 0.509. The van der Waals surface area contributed by atoms with Crippen LogP contribution in [0.5, 0.6) is 0 Å². The van der Waals surface area contributed by atoms with Crippen LogP contribution in [0.15, 0.2) is 11.0 Å². The molecule has 1 aliphatic rings. The van der Waals surface area contributed by atoms with Crippen molar-refractivity contribution in [3.63, 3.8) is 0 Å². The van der Waals surface area contributed by atoms with E-state index in [0.717, 1.165) is 29.5 Å². The maximum atomic E-state index is 12.5. The Morgan fingerprint density at radius 2 is 2.33 bits per heavy atom. The Kier molecular flexibility index (Phi) is 2.72. The van der Waals surface area contributed by atoms with E-state index in [4.69, 9.17) is 0 Å². The van der Waals surface area contributed by atoms with Gasteiger partial charge >= 0.3 is 0 Å². The molecule has 1 atom stereocenters. The number of hydrogen-bond donors (Lipinski definition) is 1. The fourth-order valence-electron chi connectivity index (χ4n) is 2.93. The van der Waals surface area contributed by atoms with E-state index < -0.39 is 0 Å². The first-order chi connectivity index (χ1) is 10.1. The Balaban J connectivity index is 1.93. The lowest BCUT2D eigenvalue weighted by atomic mass is 9.89. The molecule has 4 rings (SSSR count). The fourth-order valence-corrected chi connectivity index (χ4v) is 4.31. The molecule has 0 saturated heterocycles. The number of hydrogen-bond acceptors (Lipinski definition) is 5. The van der Waals surface area contributed by atoms with Crippen LogP contribution in [0.25, 0.3) is 21.7 Å². The maximum absolute atomic E-state index is 12.5. The van der Waals surface area contributed by atoms with Crippen molar-refractivity contribution in [3.05, 3.63) is 27.0 Å². The molecule has 0 amide bonds. The summed E-state index contributed by atoms with van der Waals surface area (Å²) >= 11 is 1.65. The molecule has 0 unspecified atom stereocenters. The van der Waals surface area contributed by atoms with Crippen molar-refractivity contribution >= 4 is 21.6 Å². The van der Waals surface area contributed by atoms with Crippen molar-refractivity contribution in [1.29, 1.82) is 0 Å². The second-order valence-electron chi connectivity index (χ2n) is 5.72. The summed E-state index contributed by atoms with van der Waals surface area (Å²) in [4.78, 5) is 22.0. The van der Waals surface area contributed by atoms with E-state index in [1.165, 1.54) is 10.4 Å². The van der Waals surface area contributed by atoms with Gasteiger partial charge in [-0.15, -0.1) is 16.4 Å². The zero-order chi connectivity index (χ0) is 14.6. The van der Waals surface area contributed by atoms with E-state index >= 15 is 0 Å². The van der Waals surface area contributed by atoms with Crippen molar-refractivity contribution in [2.24, 2.45) is 13.0 Å². The monoisotopic (exact) mass is 301 g/mol. The van der Waals surface area contributed by atoms with Gasteiger partial charge in [-0.1, -0.05) is 12.1 Å². The first kappa shape index (κ1) is 12.7. The van der Waals surface area contributed by atoms with Crippen LogP contribution in [-0.2, 0) is 19.9 Å². The number of nitrogens with one attached hydrogen (secondary N) is 1. The molecule has 3 aromatic rings. The number of aryl methyl sites for hydroxylation is 2. The van der Waals surface area contributed by atoms with Gasteiger partial charge in [-0.05, 0) is 30.7 Å². The SMILES string of the molecule is C[C@H]1CCc2c(sc3nc(-c4cn(C)nn4)[nH]c(=O)c23)C1. The third-order valence-electron chi connectivity index (χ3n) is 4.01. The second-order valence-corrected chi connectivity index (χ2v) is 6.81. The van der Waals surface area contributed by atoms with Gasteiger partial charge in [0.2, 0.25) is 0 Å². The Hall–Kier alpha value is -2.02. The zero-order valence-corrected chi connectivity index (χ0v) is 12.7. The van der Waals surface area contributed by atoms with Gasteiger partial charge in [0.05, 0.1) is 11.6 Å². The number of nitrogens with zero attached hydrogens (tertiary/aromatic N) is 4. The Labute approximate surface area is 124 Å². The molecule has 0 aliphatic heterocycles. The highest BCUT2D eigenvalue weighted by Gasteiger charge is 2.23. The average Bonchev–Trinajstić information content (AvgIpc) is 3.01. The summed E-state index contributed by atoms with van der Waals surface area (Å²) in [5.74, 6) is 1.18. The largest absolute Gasteiger partial charge is 0.304 e. The van der Waals surface area contributed by atoms with Crippen LogP contribution in [0.3, 0.4) is 0 Å². The topological polar surface area (TPSA) is 76.5 Å². The van der Waals surface area contributed by atoms with Gasteiger partial charge in [-0.2, -0.15) is 0 Å². The van der Waals surface area contributed by atoms with Crippen molar-refractivity contribution in [3.8, 4) is 11.5 Å². The Morgan fingerprint density at radius 1 is 1.48 bits per heavy atom. The van der Waals surface area contributed by atoms with E-state index in [1.807, 2.05) is 0 Å². The summed E-state index contributed by atoms with van der Waals surface area (Å²) < 4.78 is 1.60. The van der Waals surface area contributed by atoms with E-state index in [0.29, 0.717) is 17.4 Å².